The van der Waals surface area contributed by atoms with Crippen LogP contribution >= 0.6 is 11.8 Å². The van der Waals surface area contributed by atoms with Crippen LogP contribution in [-0.2, 0) is 10.8 Å². The monoisotopic (exact) mass is 294 g/mol. The minimum absolute atomic E-state index is 0.446. The van der Waals surface area contributed by atoms with E-state index >= 15 is 0 Å². The highest BCUT2D eigenvalue weighted by atomic mass is 32.2. The molecule has 1 aromatic rings. The van der Waals surface area contributed by atoms with Crippen molar-refractivity contribution in [3.05, 3.63) is 35.9 Å². The van der Waals surface area contributed by atoms with Crippen LogP contribution in [0.1, 0.15) is 23.7 Å². The van der Waals surface area contributed by atoms with E-state index in [9.17, 15) is 4.21 Å². The van der Waals surface area contributed by atoms with Crippen molar-refractivity contribution < 1.29 is 4.21 Å². The molecule has 0 amide bonds. The van der Waals surface area contributed by atoms with Crippen molar-refractivity contribution in [2.24, 2.45) is 4.99 Å². The molecule has 2 heterocycles. The minimum Gasteiger partial charge on any atom is -0.362 e. The minimum atomic E-state index is -0.587. The molecule has 1 fully saturated rings. The first kappa shape index (κ1) is 13.2. The molecule has 3 nitrogen and oxygen atoms in total. The van der Waals surface area contributed by atoms with Gasteiger partial charge in [0.25, 0.3) is 0 Å². The van der Waals surface area contributed by atoms with Crippen LogP contribution in [0.25, 0.3) is 0 Å². The summed E-state index contributed by atoms with van der Waals surface area (Å²) in [7, 11) is -0.587. The number of hydrogen-bond acceptors (Lipinski definition) is 4. The molecule has 0 spiro atoms. The van der Waals surface area contributed by atoms with Gasteiger partial charge >= 0.3 is 0 Å². The summed E-state index contributed by atoms with van der Waals surface area (Å²) in [5.74, 6) is 1.66. The summed E-state index contributed by atoms with van der Waals surface area (Å²) in [6, 6.07) is 11.0. The van der Waals surface area contributed by atoms with E-state index in [1.54, 1.807) is 0 Å². The molecule has 1 unspecified atom stereocenters. The summed E-state index contributed by atoms with van der Waals surface area (Å²) in [6.07, 6.45) is 2.00. The van der Waals surface area contributed by atoms with E-state index < -0.39 is 10.8 Å². The van der Waals surface area contributed by atoms with E-state index in [1.807, 2.05) is 17.8 Å². The van der Waals surface area contributed by atoms with Crippen molar-refractivity contribution in [2.45, 2.75) is 24.1 Å². The van der Waals surface area contributed by atoms with Gasteiger partial charge in [-0.25, -0.2) is 0 Å². The summed E-state index contributed by atoms with van der Waals surface area (Å²) < 4.78 is 11.3. The maximum absolute atomic E-state index is 11.3. The molecule has 5 heteroatoms. The first-order valence-electron chi connectivity index (χ1n) is 6.69. The van der Waals surface area contributed by atoms with Crippen LogP contribution in [0.4, 0.5) is 0 Å². The van der Waals surface area contributed by atoms with Gasteiger partial charge in [-0.15, -0.1) is 0 Å². The highest BCUT2D eigenvalue weighted by molar-refractivity contribution is 8.14. The molecule has 0 aromatic heterocycles. The highest BCUT2D eigenvalue weighted by Crippen LogP contribution is 2.34. The number of nitrogens with one attached hydrogen (secondary N) is 1. The Morgan fingerprint density at radius 2 is 1.95 bits per heavy atom. The standard InChI is InChI=1S/C14H18N2OS2/c17-19-8-6-12(7-9-19)16-14-15-10-13(18-14)11-4-2-1-3-5-11/h1-5,12-13H,6-10H2,(H,15,16). The van der Waals surface area contributed by atoms with Crippen LogP contribution in [0.15, 0.2) is 35.3 Å². The van der Waals surface area contributed by atoms with Gasteiger partial charge in [0.2, 0.25) is 0 Å². The predicted octanol–water partition coefficient (Wildman–Crippen LogP) is 2.33. The molecule has 0 saturated carbocycles. The average molecular weight is 294 g/mol. The van der Waals surface area contributed by atoms with Crippen molar-refractivity contribution in [1.29, 1.82) is 0 Å². The summed E-state index contributed by atoms with van der Waals surface area (Å²) in [6.45, 7) is 0.857. The zero-order chi connectivity index (χ0) is 13.1. The second kappa shape index (κ2) is 6.09. The molecule has 102 valence electrons. The predicted molar refractivity (Wildman–Crippen MR) is 83.1 cm³/mol. The lowest BCUT2D eigenvalue weighted by Crippen LogP contribution is -2.37. The first-order chi connectivity index (χ1) is 9.31. The van der Waals surface area contributed by atoms with Gasteiger partial charge in [-0.1, -0.05) is 42.1 Å². The van der Waals surface area contributed by atoms with Gasteiger partial charge in [0, 0.05) is 28.3 Å². The third-order valence-electron chi connectivity index (χ3n) is 3.54. The van der Waals surface area contributed by atoms with Gasteiger partial charge in [-0.05, 0) is 18.4 Å². The maximum atomic E-state index is 11.3. The van der Waals surface area contributed by atoms with Crippen molar-refractivity contribution in [3.8, 4) is 0 Å². The molecule has 3 rings (SSSR count). The second-order valence-corrected chi connectivity index (χ2v) is 7.82. The highest BCUT2D eigenvalue weighted by Gasteiger charge is 2.24. The Hall–Kier alpha value is -0.810. The summed E-state index contributed by atoms with van der Waals surface area (Å²) in [5, 5.41) is 5.02. The summed E-state index contributed by atoms with van der Waals surface area (Å²) in [4.78, 5) is 4.60. The fourth-order valence-corrected chi connectivity index (χ4v) is 4.80. The van der Waals surface area contributed by atoms with E-state index in [-0.39, 0.29) is 0 Å². The average Bonchev–Trinajstić information content (AvgIpc) is 2.91. The third kappa shape index (κ3) is 3.39. The molecule has 2 aliphatic heterocycles. The van der Waals surface area contributed by atoms with E-state index in [0.717, 1.165) is 36.1 Å². The Labute approximate surface area is 120 Å². The molecule has 1 aromatic carbocycles. The SMILES string of the molecule is O=S1CCC(NC2=NCC(c3ccccc3)S2)CC1. The first-order valence-corrected chi connectivity index (χ1v) is 9.05. The van der Waals surface area contributed by atoms with Crippen LogP contribution in [-0.4, -0.2) is 33.5 Å². The van der Waals surface area contributed by atoms with E-state index in [2.05, 4.69) is 34.6 Å². The Balaban J connectivity index is 1.53. The van der Waals surface area contributed by atoms with Crippen LogP contribution in [0.3, 0.4) is 0 Å². The molecular formula is C14H18N2OS2. The van der Waals surface area contributed by atoms with E-state index in [1.165, 1.54) is 5.56 Å². The van der Waals surface area contributed by atoms with Gasteiger partial charge in [-0.3, -0.25) is 9.20 Å². The maximum Gasteiger partial charge on any atom is 0.157 e. The molecular weight excluding hydrogens is 276 g/mol. The molecule has 0 aliphatic carbocycles. The summed E-state index contributed by atoms with van der Waals surface area (Å²) in [5.41, 5.74) is 1.35. The number of nitrogens with zero attached hydrogens (tertiary/aromatic N) is 1. The lowest BCUT2D eigenvalue weighted by molar-refractivity contribution is 0.554. The third-order valence-corrected chi connectivity index (χ3v) is 6.10. The molecule has 2 aliphatic rings. The fraction of sp³-hybridized carbons (Fsp3) is 0.500. The van der Waals surface area contributed by atoms with Crippen molar-refractivity contribution >= 4 is 27.7 Å². The van der Waals surface area contributed by atoms with Gasteiger partial charge in [0.1, 0.15) is 0 Å². The number of thioether (sulfide) groups is 1. The quantitative estimate of drug-likeness (QED) is 0.910. The van der Waals surface area contributed by atoms with Crippen molar-refractivity contribution in [2.75, 3.05) is 18.1 Å². The lowest BCUT2D eigenvalue weighted by Gasteiger charge is -2.23. The second-order valence-electron chi connectivity index (χ2n) is 4.93. The molecule has 19 heavy (non-hydrogen) atoms. The smallest absolute Gasteiger partial charge is 0.157 e. The Morgan fingerprint density at radius 3 is 2.68 bits per heavy atom. The fourth-order valence-electron chi connectivity index (χ4n) is 2.41. The normalized spacial score (nSPS) is 30.9. The Kier molecular flexibility index (Phi) is 4.23. The zero-order valence-electron chi connectivity index (χ0n) is 10.7. The number of hydrogen-bond donors (Lipinski definition) is 1. The largest absolute Gasteiger partial charge is 0.362 e. The van der Waals surface area contributed by atoms with Gasteiger partial charge in [0.05, 0.1) is 11.8 Å². The Bertz CT molecular complexity index is 479. The number of benzene rings is 1. The van der Waals surface area contributed by atoms with E-state index in [4.69, 9.17) is 0 Å². The number of aliphatic imine (C=N–C) groups is 1. The molecule has 1 saturated heterocycles. The van der Waals surface area contributed by atoms with Gasteiger partial charge < -0.3 is 5.32 Å². The van der Waals surface area contributed by atoms with Crippen LogP contribution in [0.5, 0.6) is 0 Å². The zero-order valence-corrected chi connectivity index (χ0v) is 12.4. The van der Waals surface area contributed by atoms with Crippen molar-refractivity contribution in [3.63, 3.8) is 0 Å². The Morgan fingerprint density at radius 1 is 1.21 bits per heavy atom. The van der Waals surface area contributed by atoms with Crippen LogP contribution < -0.4 is 5.32 Å². The molecule has 1 atom stereocenters. The van der Waals surface area contributed by atoms with Crippen LogP contribution in [0, 0.1) is 0 Å². The number of amidine groups is 1. The van der Waals surface area contributed by atoms with Crippen molar-refractivity contribution in [1.82, 2.24) is 5.32 Å². The molecule has 0 bridgehead atoms. The molecule has 0 radical (unpaired) electrons. The van der Waals surface area contributed by atoms with Gasteiger partial charge in [-0.2, -0.15) is 0 Å². The van der Waals surface area contributed by atoms with Crippen LogP contribution in [0.2, 0.25) is 0 Å². The number of rotatable bonds is 2. The van der Waals surface area contributed by atoms with E-state index in [0.29, 0.717) is 11.3 Å². The molecule has 1 N–H and O–H groups in total. The lowest BCUT2D eigenvalue weighted by atomic mass is 10.1. The topological polar surface area (TPSA) is 41.5 Å². The van der Waals surface area contributed by atoms with Gasteiger partial charge in [0.15, 0.2) is 5.17 Å². The summed E-state index contributed by atoms with van der Waals surface area (Å²) >= 11 is 1.82.